The van der Waals surface area contributed by atoms with Gasteiger partial charge in [-0.15, -0.1) is 0 Å². The monoisotopic (exact) mass is 356 g/mol. The van der Waals surface area contributed by atoms with E-state index in [9.17, 15) is 0 Å². The molecule has 2 N–H and O–H groups in total. The zero-order valence-electron chi connectivity index (χ0n) is 15.2. The predicted molar refractivity (Wildman–Crippen MR) is 106 cm³/mol. The van der Waals surface area contributed by atoms with E-state index in [2.05, 4.69) is 22.8 Å². The van der Waals surface area contributed by atoms with Crippen LogP contribution in [0.2, 0.25) is 0 Å². The van der Waals surface area contributed by atoms with Gasteiger partial charge in [-0.3, -0.25) is 0 Å². The summed E-state index contributed by atoms with van der Waals surface area (Å²) in [6, 6.07) is 16.1. The Morgan fingerprint density at radius 2 is 1.08 bits per heavy atom. The van der Waals surface area contributed by atoms with Crippen LogP contribution in [0.1, 0.15) is 19.3 Å². The number of hydrogen-bond acceptors (Lipinski definition) is 5. The van der Waals surface area contributed by atoms with Gasteiger partial charge in [0.2, 0.25) is 0 Å². The first-order valence-corrected chi connectivity index (χ1v) is 9.42. The SMILES string of the molecule is c1ccc2c(c1)NCCCCCNc1ccccc1OCCOCCO2. The van der Waals surface area contributed by atoms with Gasteiger partial charge in [-0.1, -0.05) is 24.3 Å². The third-order valence-corrected chi connectivity index (χ3v) is 4.23. The van der Waals surface area contributed by atoms with E-state index in [-0.39, 0.29) is 0 Å². The first kappa shape index (κ1) is 18.4. The van der Waals surface area contributed by atoms with Gasteiger partial charge in [-0.2, -0.15) is 0 Å². The lowest BCUT2D eigenvalue weighted by atomic mass is 10.2. The van der Waals surface area contributed by atoms with Crippen LogP contribution in [0.15, 0.2) is 48.5 Å². The van der Waals surface area contributed by atoms with Gasteiger partial charge in [0.15, 0.2) is 0 Å². The zero-order valence-corrected chi connectivity index (χ0v) is 15.2. The van der Waals surface area contributed by atoms with Gasteiger partial charge < -0.3 is 24.8 Å². The number of para-hydroxylation sites is 4. The van der Waals surface area contributed by atoms with Gasteiger partial charge in [0.1, 0.15) is 24.7 Å². The molecule has 0 bridgehead atoms. The molecule has 0 saturated heterocycles. The molecule has 1 heterocycles. The molecule has 0 amide bonds. The van der Waals surface area contributed by atoms with Crippen LogP contribution in [0.5, 0.6) is 11.5 Å². The predicted octanol–water partition coefficient (Wildman–Crippen LogP) is 4.17. The Morgan fingerprint density at radius 3 is 1.62 bits per heavy atom. The molecule has 0 unspecified atom stereocenters. The number of anilines is 2. The van der Waals surface area contributed by atoms with E-state index >= 15 is 0 Å². The van der Waals surface area contributed by atoms with E-state index in [1.807, 2.05) is 36.4 Å². The summed E-state index contributed by atoms with van der Waals surface area (Å²) in [6.07, 6.45) is 3.41. The van der Waals surface area contributed by atoms with E-state index in [0.717, 1.165) is 48.8 Å². The third-order valence-electron chi connectivity index (χ3n) is 4.23. The molecule has 5 nitrogen and oxygen atoms in total. The standard InChI is InChI=1S/C21H28N2O3/c1-6-12-22-18-8-2-4-10-20(18)25-16-14-24-15-17-26-21-11-5-3-9-19(21)23-13-7-1/h2-5,8-11,22-23H,1,6-7,12-17H2. The normalized spacial score (nSPS) is 16.9. The smallest absolute Gasteiger partial charge is 0.142 e. The molecule has 0 fully saturated rings. The van der Waals surface area contributed by atoms with E-state index in [4.69, 9.17) is 14.2 Å². The van der Waals surface area contributed by atoms with Crippen molar-refractivity contribution in [2.45, 2.75) is 19.3 Å². The minimum absolute atomic E-state index is 0.525. The number of ether oxygens (including phenoxy) is 3. The highest BCUT2D eigenvalue weighted by Gasteiger charge is 2.05. The summed E-state index contributed by atoms with van der Waals surface area (Å²) in [6.45, 7) is 4.01. The van der Waals surface area contributed by atoms with Crippen LogP contribution < -0.4 is 20.1 Å². The van der Waals surface area contributed by atoms with Gasteiger partial charge in [-0.25, -0.2) is 0 Å². The molecule has 2 aromatic carbocycles. The molecule has 0 spiro atoms. The molecule has 1 aliphatic rings. The Kier molecular flexibility index (Phi) is 7.47. The maximum absolute atomic E-state index is 5.85. The molecule has 2 aromatic rings. The van der Waals surface area contributed by atoms with Crippen molar-refractivity contribution in [2.24, 2.45) is 0 Å². The second kappa shape index (κ2) is 10.6. The number of benzene rings is 2. The molecule has 0 saturated carbocycles. The first-order chi connectivity index (χ1) is 12.9. The third kappa shape index (κ3) is 5.85. The van der Waals surface area contributed by atoms with Crippen molar-refractivity contribution in [3.05, 3.63) is 48.5 Å². The highest BCUT2D eigenvalue weighted by molar-refractivity contribution is 5.56. The maximum atomic E-state index is 5.85. The summed E-state index contributed by atoms with van der Waals surface area (Å²) in [5.74, 6) is 1.76. The number of hydrogen-bond donors (Lipinski definition) is 2. The topological polar surface area (TPSA) is 51.8 Å². The average Bonchev–Trinajstić information content (AvgIpc) is 2.68. The van der Waals surface area contributed by atoms with Crippen molar-refractivity contribution in [1.82, 2.24) is 0 Å². The fourth-order valence-corrected chi connectivity index (χ4v) is 2.87. The van der Waals surface area contributed by atoms with E-state index in [1.165, 1.54) is 6.42 Å². The maximum Gasteiger partial charge on any atom is 0.142 e. The minimum atomic E-state index is 0.525. The van der Waals surface area contributed by atoms with Crippen LogP contribution in [0.3, 0.4) is 0 Å². The molecule has 140 valence electrons. The van der Waals surface area contributed by atoms with Crippen LogP contribution in [0.4, 0.5) is 11.4 Å². The largest absolute Gasteiger partial charge is 0.489 e. The molecule has 0 radical (unpaired) electrons. The molecule has 0 atom stereocenters. The van der Waals surface area contributed by atoms with Crippen molar-refractivity contribution in [3.8, 4) is 11.5 Å². The number of rotatable bonds is 0. The summed E-state index contributed by atoms with van der Waals surface area (Å²) in [7, 11) is 0. The van der Waals surface area contributed by atoms with Gasteiger partial charge in [0.05, 0.1) is 24.6 Å². The summed E-state index contributed by atoms with van der Waals surface area (Å²) < 4.78 is 17.3. The number of fused-ring (bicyclic) bond motifs is 2. The van der Waals surface area contributed by atoms with E-state index < -0.39 is 0 Å². The quantitative estimate of drug-likeness (QED) is 0.742. The minimum Gasteiger partial charge on any atom is -0.489 e. The summed E-state index contributed by atoms with van der Waals surface area (Å²) in [5.41, 5.74) is 2.09. The fraction of sp³-hybridized carbons (Fsp3) is 0.429. The highest BCUT2D eigenvalue weighted by Crippen LogP contribution is 2.25. The average molecular weight is 356 g/mol. The van der Waals surface area contributed by atoms with Gasteiger partial charge in [0, 0.05) is 13.1 Å². The summed E-state index contributed by atoms with van der Waals surface area (Å²) >= 11 is 0. The second-order valence-electron chi connectivity index (χ2n) is 6.22. The molecule has 26 heavy (non-hydrogen) atoms. The molecule has 3 rings (SSSR count). The zero-order chi connectivity index (χ0) is 17.9. The Labute approximate surface area is 155 Å². The van der Waals surface area contributed by atoms with Crippen LogP contribution in [-0.2, 0) is 4.74 Å². The van der Waals surface area contributed by atoms with Gasteiger partial charge in [-0.05, 0) is 43.5 Å². The van der Waals surface area contributed by atoms with Crippen molar-refractivity contribution in [1.29, 1.82) is 0 Å². The van der Waals surface area contributed by atoms with E-state index in [1.54, 1.807) is 0 Å². The Balaban J connectivity index is 1.56. The first-order valence-electron chi connectivity index (χ1n) is 9.42. The lowest BCUT2D eigenvalue weighted by Crippen LogP contribution is -2.14. The van der Waals surface area contributed by atoms with Crippen LogP contribution >= 0.6 is 0 Å². The Hall–Kier alpha value is -2.40. The lowest BCUT2D eigenvalue weighted by molar-refractivity contribution is 0.0767. The summed E-state index contributed by atoms with van der Waals surface area (Å²) in [5, 5.41) is 6.95. The van der Waals surface area contributed by atoms with Crippen molar-refractivity contribution < 1.29 is 14.2 Å². The van der Waals surface area contributed by atoms with E-state index in [0.29, 0.717) is 26.4 Å². The molecular weight excluding hydrogens is 328 g/mol. The highest BCUT2D eigenvalue weighted by atomic mass is 16.5. The second-order valence-corrected chi connectivity index (χ2v) is 6.22. The Morgan fingerprint density at radius 1 is 0.577 bits per heavy atom. The molecule has 1 aliphatic heterocycles. The van der Waals surface area contributed by atoms with Crippen molar-refractivity contribution >= 4 is 11.4 Å². The van der Waals surface area contributed by atoms with Crippen molar-refractivity contribution in [2.75, 3.05) is 50.2 Å². The molecule has 5 heteroatoms. The van der Waals surface area contributed by atoms with Crippen LogP contribution in [-0.4, -0.2) is 39.5 Å². The van der Waals surface area contributed by atoms with Gasteiger partial charge in [0.25, 0.3) is 0 Å². The molecular formula is C21H28N2O3. The fourth-order valence-electron chi connectivity index (χ4n) is 2.87. The number of nitrogens with one attached hydrogen (secondary N) is 2. The molecule has 0 aliphatic carbocycles. The Bertz CT molecular complexity index is 552. The van der Waals surface area contributed by atoms with Crippen LogP contribution in [0, 0.1) is 0 Å². The van der Waals surface area contributed by atoms with Crippen molar-refractivity contribution in [3.63, 3.8) is 0 Å². The van der Waals surface area contributed by atoms with Crippen LogP contribution in [0.25, 0.3) is 0 Å². The molecule has 0 aromatic heterocycles. The lowest BCUT2D eigenvalue weighted by Gasteiger charge is -2.15. The van der Waals surface area contributed by atoms with Gasteiger partial charge >= 0.3 is 0 Å². The summed E-state index contributed by atoms with van der Waals surface area (Å²) in [4.78, 5) is 0.